The van der Waals surface area contributed by atoms with E-state index in [9.17, 15) is 4.79 Å². The Labute approximate surface area is 130 Å². The van der Waals surface area contributed by atoms with Crippen molar-refractivity contribution in [3.8, 4) is 0 Å². The van der Waals surface area contributed by atoms with Crippen molar-refractivity contribution >= 4 is 11.7 Å². The smallest absolute Gasteiger partial charge is 0.289 e. The maximum absolute atomic E-state index is 11.9. The Morgan fingerprint density at radius 1 is 1.32 bits per heavy atom. The molecule has 0 bridgehead atoms. The molecule has 6 nitrogen and oxygen atoms in total. The minimum absolute atomic E-state index is 0.229. The average molecular weight is 302 g/mol. The van der Waals surface area contributed by atoms with Gasteiger partial charge in [0, 0.05) is 25.4 Å². The predicted octanol–water partition coefficient (Wildman–Crippen LogP) is 2.73. The first-order valence-electron chi connectivity index (χ1n) is 7.47. The van der Waals surface area contributed by atoms with E-state index in [1.807, 2.05) is 39.1 Å². The lowest BCUT2D eigenvalue weighted by Crippen LogP contribution is -2.25. The van der Waals surface area contributed by atoms with Crippen LogP contribution in [0.4, 0.5) is 5.82 Å². The molecule has 0 aliphatic carbocycles. The Hall–Kier alpha value is -2.37. The van der Waals surface area contributed by atoms with Gasteiger partial charge >= 0.3 is 0 Å². The van der Waals surface area contributed by atoms with Crippen molar-refractivity contribution in [3.63, 3.8) is 0 Å². The number of hydrogen-bond donors (Lipinski definition) is 2. The highest BCUT2D eigenvalue weighted by Gasteiger charge is 2.13. The van der Waals surface area contributed by atoms with Crippen LogP contribution in [0.1, 0.15) is 48.0 Å². The Morgan fingerprint density at radius 3 is 2.77 bits per heavy atom. The van der Waals surface area contributed by atoms with Gasteiger partial charge in [-0.05, 0) is 30.9 Å². The number of anilines is 1. The van der Waals surface area contributed by atoms with Crippen LogP contribution in [0.15, 0.2) is 28.9 Å². The highest BCUT2D eigenvalue weighted by molar-refractivity contribution is 5.91. The number of pyridine rings is 1. The summed E-state index contributed by atoms with van der Waals surface area (Å²) in [6.45, 7) is 7.31. The molecule has 2 aromatic rings. The number of rotatable bonds is 7. The summed E-state index contributed by atoms with van der Waals surface area (Å²) < 4.78 is 5.04. The molecular weight excluding hydrogens is 280 g/mol. The number of nitrogens with zero attached hydrogens (tertiary/aromatic N) is 2. The van der Waals surface area contributed by atoms with Gasteiger partial charge in [-0.3, -0.25) is 4.79 Å². The topological polar surface area (TPSA) is 80.0 Å². The summed E-state index contributed by atoms with van der Waals surface area (Å²) in [5, 5.41) is 9.89. The van der Waals surface area contributed by atoms with Gasteiger partial charge in [-0.2, -0.15) is 0 Å². The lowest BCUT2D eigenvalue weighted by atomic mass is 10.1. The van der Waals surface area contributed by atoms with Crippen LogP contribution in [0.25, 0.3) is 0 Å². The molecule has 2 N–H and O–H groups in total. The zero-order chi connectivity index (χ0) is 15.9. The molecule has 1 amide bonds. The van der Waals surface area contributed by atoms with E-state index < -0.39 is 0 Å². The fourth-order valence-corrected chi connectivity index (χ4v) is 1.83. The van der Waals surface area contributed by atoms with Gasteiger partial charge in [-0.15, -0.1) is 0 Å². The van der Waals surface area contributed by atoms with Crippen molar-refractivity contribution in [2.75, 3.05) is 18.4 Å². The molecule has 22 heavy (non-hydrogen) atoms. The molecule has 0 atom stereocenters. The zero-order valence-corrected chi connectivity index (χ0v) is 13.2. The first kappa shape index (κ1) is 16.0. The molecule has 118 valence electrons. The normalized spacial score (nSPS) is 10.7. The molecule has 2 rings (SSSR count). The molecule has 2 heterocycles. The monoisotopic (exact) mass is 302 g/mol. The summed E-state index contributed by atoms with van der Waals surface area (Å²) in [6.07, 6.45) is 2.62. The standard InChI is InChI=1S/C16H22N4O2/c1-11(2)13-9-14(22-20-13)16(21)18-8-4-7-17-15-6-5-12(3)10-19-15/h5-6,9-11H,4,7-8H2,1-3H3,(H,17,19)(H,18,21). The van der Waals surface area contributed by atoms with E-state index in [0.29, 0.717) is 6.54 Å². The second kappa shape index (κ2) is 7.59. The fourth-order valence-electron chi connectivity index (χ4n) is 1.83. The maximum Gasteiger partial charge on any atom is 0.289 e. The molecule has 0 fully saturated rings. The Morgan fingerprint density at radius 2 is 2.14 bits per heavy atom. The van der Waals surface area contributed by atoms with Gasteiger partial charge in [0.1, 0.15) is 5.82 Å². The highest BCUT2D eigenvalue weighted by atomic mass is 16.5. The molecular formula is C16H22N4O2. The minimum atomic E-state index is -0.229. The van der Waals surface area contributed by atoms with E-state index >= 15 is 0 Å². The zero-order valence-electron chi connectivity index (χ0n) is 13.2. The first-order chi connectivity index (χ1) is 10.6. The number of hydrogen-bond acceptors (Lipinski definition) is 5. The molecule has 0 aliphatic rings. The van der Waals surface area contributed by atoms with Crippen LogP contribution in [0, 0.1) is 6.92 Å². The summed E-state index contributed by atoms with van der Waals surface area (Å²) >= 11 is 0. The third-order valence-corrected chi connectivity index (χ3v) is 3.20. The molecule has 0 saturated carbocycles. The van der Waals surface area contributed by atoms with Crippen LogP contribution in [0.3, 0.4) is 0 Å². The second-order valence-electron chi connectivity index (χ2n) is 5.53. The number of carbonyl (C=O) groups is 1. The van der Waals surface area contributed by atoms with Crippen molar-refractivity contribution in [2.45, 2.75) is 33.1 Å². The molecule has 0 aromatic carbocycles. The Kier molecular flexibility index (Phi) is 5.52. The summed E-state index contributed by atoms with van der Waals surface area (Å²) in [5.74, 6) is 1.12. The van der Waals surface area contributed by atoms with E-state index in [2.05, 4.69) is 20.8 Å². The van der Waals surface area contributed by atoms with Crippen LogP contribution in [-0.4, -0.2) is 29.1 Å². The van der Waals surface area contributed by atoms with Crippen molar-refractivity contribution in [2.24, 2.45) is 0 Å². The second-order valence-corrected chi connectivity index (χ2v) is 5.53. The van der Waals surface area contributed by atoms with Gasteiger partial charge < -0.3 is 15.2 Å². The van der Waals surface area contributed by atoms with E-state index in [1.54, 1.807) is 6.07 Å². The number of nitrogens with one attached hydrogen (secondary N) is 2. The van der Waals surface area contributed by atoms with Crippen molar-refractivity contribution in [3.05, 3.63) is 41.4 Å². The van der Waals surface area contributed by atoms with Gasteiger partial charge in [0.25, 0.3) is 5.91 Å². The SMILES string of the molecule is Cc1ccc(NCCCNC(=O)c2cc(C(C)C)no2)nc1. The van der Waals surface area contributed by atoms with Crippen LogP contribution in [0.5, 0.6) is 0 Å². The number of amides is 1. The van der Waals surface area contributed by atoms with Crippen molar-refractivity contribution in [1.29, 1.82) is 0 Å². The predicted molar refractivity (Wildman–Crippen MR) is 85.0 cm³/mol. The molecule has 0 aliphatic heterocycles. The highest BCUT2D eigenvalue weighted by Crippen LogP contribution is 2.13. The molecule has 0 radical (unpaired) electrons. The number of carbonyl (C=O) groups excluding carboxylic acids is 1. The first-order valence-corrected chi connectivity index (χ1v) is 7.47. The largest absolute Gasteiger partial charge is 0.370 e. The molecule has 0 spiro atoms. The van der Waals surface area contributed by atoms with Crippen LogP contribution in [0.2, 0.25) is 0 Å². The quantitative estimate of drug-likeness (QED) is 0.769. The third kappa shape index (κ3) is 4.58. The average Bonchev–Trinajstić information content (AvgIpc) is 2.99. The molecule has 0 unspecified atom stereocenters. The van der Waals surface area contributed by atoms with Crippen molar-refractivity contribution in [1.82, 2.24) is 15.5 Å². The maximum atomic E-state index is 11.9. The van der Waals surface area contributed by atoms with E-state index in [4.69, 9.17) is 4.52 Å². The van der Waals surface area contributed by atoms with Crippen molar-refractivity contribution < 1.29 is 9.32 Å². The minimum Gasteiger partial charge on any atom is -0.370 e. The molecule has 6 heteroatoms. The van der Waals surface area contributed by atoms with Gasteiger partial charge in [0.2, 0.25) is 5.76 Å². The Balaban J connectivity index is 1.67. The van der Waals surface area contributed by atoms with Gasteiger partial charge in [-0.1, -0.05) is 25.1 Å². The summed E-state index contributed by atoms with van der Waals surface area (Å²) in [4.78, 5) is 16.1. The van der Waals surface area contributed by atoms with Crippen LogP contribution >= 0.6 is 0 Å². The third-order valence-electron chi connectivity index (χ3n) is 3.20. The molecule has 2 aromatic heterocycles. The van der Waals surface area contributed by atoms with E-state index in [1.165, 1.54) is 0 Å². The molecule has 0 saturated heterocycles. The van der Waals surface area contributed by atoms with Gasteiger partial charge in [0.15, 0.2) is 0 Å². The summed E-state index contributed by atoms with van der Waals surface area (Å²) in [5.41, 5.74) is 1.92. The van der Waals surface area contributed by atoms with E-state index in [-0.39, 0.29) is 17.6 Å². The number of aromatic nitrogens is 2. The number of aryl methyl sites for hydroxylation is 1. The Bertz CT molecular complexity index is 605. The lowest BCUT2D eigenvalue weighted by molar-refractivity contribution is 0.0916. The van der Waals surface area contributed by atoms with E-state index in [0.717, 1.165) is 30.0 Å². The summed E-state index contributed by atoms with van der Waals surface area (Å²) in [7, 11) is 0. The summed E-state index contributed by atoms with van der Waals surface area (Å²) in [6, 6.07) is 5.64. The fraction of sp³-hybridized carbons (Fsp3) is 0.438. The van der Waals surface area contributed by atoms with Crippen LogP contribution < -0.4 is 10.6 Å². The lowest BCUT2D eigenvalue weighted by Gasteiger charge is -2.06. The van der Waals surface area contributed by atoms with Crippen LogP contribution in [-0.2, 0) is 0 Å². The van der Waals surface area contributed by atoms with Gasteiger partial charge in [-0.25, -0.2) is 4.98 Å². The van der Waals surface area contributed by atoms with Gasteiger partial charge in [0.05, 0.1) is 5.69 Å².